The van der Waals surface area contributed by atoms with E-state index in [-0.39, 0.29) is 0 Å². The van der Waals surface area contributed by atoms with Gasteiger partial charge in [0.1, 0.15) is 5.82 Å². The third-order valence-electron chi connectivity index (χ3n) is 5.96. The van der Waals surface area contributed by atoms with Gasteiger partial charge in [-0.1, -0.05) is 19.3 Å². The first-order chi connectivity index (χ1) is 14.4. The molecule has 0 bridgehead atoms. The van der Waals surface area contributed by atoms with Crippen LogP contribution < -0.4 is 15.1 Å². The standard InChI is InChI=1S/C20H29N7O2/c1-2-4-15(5-3-1)22-17-16-14-21-19(26-6-10-28-11-7-26)23-18(16)25-20(24-17)27-8-12-29-13-9-27/h14-15H,1-13H2,(H,21,22,23,24,25). The fourth-order valence-electron chi connectivity index (χ4n) is 4.27. The van der Waals surface area contributed by atoms with Gasteiger partial charge in [-0.3, -0.25) is 0 Å². The molecule has 0 aromatic carbocycles. The molecular formula is C20H29N7O2. The van der Waals surface area contributed by atoms with Crippen LogP contribution in [-0.4, -0.2) is 78.6 Å². The summed E-state index contributed by atoms with van der Waals surface area (Å²) >= 11 is 0. The highest BCUT2D eigenvalue weighted by atomic mass is 16.5. The second-order valence-electron chi connectivity index (χ2n) is 7.96. The Hall–Kier alpha value is -2.26. The van der Waals surface area contributed by atoms with Gasteiger partial charge in [0.15, 0.2) is 5.65 Å². The van der Waals surface area contributed by atoms with E-state index in [9.17, 15) is 0 Å². The Morgan fingerprint density at radius 1 is 0.793 bits per heavy atom. The van der Waals surface area contributed by atoms with Crippen molar-refractivity contribution in [2.75, 3.05) is 67.7 Å². The molecule has 0 amide bonds. The lowest BCUT2D eigenvalue weighted by molar-refractivity contribution is 0.122. The zero-order chi connectivity index (χ0) is 19.5. The van der Waals surface area contributed by atoms with Gasteiger partial charge in [0.05, 0.1) is 31.8 Å². The van der Waals surface area contributed by atoms with E-state index < -0.39 is 0 Å². The maximum atomic E-state index is 5.50. The summed E-state index contributed by atoms with van der Waals surface area (Å²) in [5, 5.41) is 4.57. The number of fused-ring (bicyclic) bond motifs is 1. The van der Waals surface area contributed by atoms with Crippen molar-refractivity contribution in [1.82, 2.24) is 19.9 Å². The van der Waals surface area contributed by atoms with E-state index in [1.54, 1.807) is 0 Å². The van der Waals surface area contributed by atoms with E-state index >= 15 is 0 Å². The highest BCUT2D eigenvalue weighted by Crippen LogP contribution is 2.27. The molecule has 3 fully saturated rings. The molecule has 0 spiro atoms. The van der Waals surface area contributed by atoms with E-state index in [0.717, 1.165) is 49.3 Å². The van der Waals surface area contributed by atoms with Crippen molar-refractivity contribution in [3.8, 4) is 0 Å². The normalized spacial score (nSPS) is 21.5. The molecule has 0 radical (unpaired) electrons. The molecule has 0 atom stereocenters. The van der Waals surface area contributed by atoms with Gasteiger partial charge in [-0.25, -0.2) is 4.98 Å². The summed E-state index contributed by atoms with van der Waals surface area (Å²) in [4.78, 5) is 23.5. The number of nitrogens with zero attached hydrogens (tertiary/aromatic N) is 6. The predicted octanol–water partition coefficient (Wildman–Crippen LogP) is 1.84. The van der Waals surface area contributed by atoms with Crippen LogP contribution in [0.1, 0.15) is 32.1 Å². The van der Waals surface area contributed by atoms with Gasteiger partial charge in [-0.05, 0) is 12.8 Å². The van der Waals surface area contributed by atoms with Crippen molar-refractivity contribution in [3.63, 3.8) is 0 Å². The Morgan fingerprint density at radius 2 is 1.41 bits per heavy atom. The summed E-state index contributed by atoms with van der Waals surface area (Å²) in [7, 11) is 0. The number of nitrogens with one attached hydrogen (secondary N) is 1. The first-order valence-corrected chi connectivity index (χ1v) is 10.8. The molecule has 0 unspecified atom stereocenters. The Kier molecular flexibility index (Phi) is 5.58. The molecule has 1 saturated carbocycles. The minimum Gasteiger partial charge on any atom is -0.378 e. The number of anilines is 3. The molecular weight excluding hydrogens is 370 g/mol. The molecule has 1 N–H and O–H groups in total. The molecule has 9 heteroatoms. The zero-order valence-corrected chi connectivity index (χ0v) is 16.8. The SMILES string of the molecule is c1nc(N2CCOCC2)nc2nc(N3CCOCC3)nc(NC3CCCCC3)c12. The van der Waals surface area contributed by atoms with E-state index in [1.165, 1.54) is 32.1 Å². The number of hydrogen-bond acceptors (Lipinski definition) is 9. The molecule has 2 aliphatic heterocycles. The van der Waals surface area contributed by atoms with Crippen LogP contribution in [0.25, 0.3) is 11.0 Å². The molecule has 5 rings (SSSR count). The summed E-state index contributed by atoms with van der Waals surface area (Å²) in [5.41, 5.74) is 0.705. The molecule has 9 nitrogen and oxygen atoms in total. The first-order valence-electron chi connectivity index (χ1n) is 10.8. The first kappa shape index (κ1) is 18.7. The van der Waals surface area contributed by atoms with Crippen molar-refractivity contribution in [3.05, 3.63) is 6.20 Å². The van der Waals surface area contributed by atoms with Gasteiger partial charge in [-0.2, -0.15) is 15.0 Å². The topological polar surface area (TPSA) is 88.5 Å². The lowest BCUT2D eigenvalue weighted by atomic mass is 9.95. The van der Waals surface area contributed by atoms with Gasteiger partial charge >= 0.3 is 0 Å². The molecule has 4 heterocycles. The third-order valence-corrected chi connectivity index (χ3v) is 5.96. The van der Waals surface area contributed by atoms with Crippen molar-refractivity contribution in [2.45, 2.75) is 38.1 Å². The summed E-state index contributed by atoms with van der Waals surface area (Å²) in [6.07, 6.45) is 8.12. The van der Waals surface area contributed by atoms with Crippen LogP contribution in [0.3, 0.4) is 0 Å². The maximum Gasteiger partial charge on any atom is 0.229 e. The Morgan fingerprint density at radius 3 is 2.10 bits per heavy atom. The van der Waals surface area contributed by atoms with Crippen molar-refractivity contribution in [1.29, 1.82) is 0 Å². The van der Waals surface area contributed by atoms with Crippen molar-refractivity contribution >= 4 is 28.7 Å². The monoisotopic (exact) mass is 399 g/mol. The largest absolute Gasteiger partial charge is 0.378 e. The molecule has 2 aromatic rings. The van der Waals surface area contributed by atoms with Crippen LogP contribution >= 0.6 is 0 Å². The molecule has 156 valence electrons. The van der Waals surface area contributed by atoms with E-state index in [4.69, 9.17) is 24.4 Å². The average Bonchev–Trinajstić information content (AvgIpc) is 2.80. The van der Waals surface area contributed by atoms with Crippen molar-refractivity contribution in [2.24, 2.45) is 0 Å². The van der Waals surface area contributed by atoms with Gasteiger partial charge in [0.2, 0.25) is 11.9 Å². The van der Waals surface area contributed by atoms with Gasteiger partial charge in [0, 0.05) is 38.4 Å². The molecule has 2 aromatic heterocycles. The van der Waals surface area contributed by atoms with Crippen LogP contribution in [0.15, 0.2) is 6.20 Å². The number of rotatable bonds is 4. The summed E-state index contributed by atoms with van der Waals surface area (Å²) in [5.74, 6) is 2.30. The summed E-state index contributed by atoms with van der Waals surface area (Å²) in [6.45, 7) is 6.04. The number of aromatic nitrogens is 4. The highest BCUT2D eigenvalue weighted by molar-refractivity contribution is 5.87. The summed E-state index contributed by atoms with van der Waals surface area (Å²) in [6, 6.07) is 0.457. The van der Waals surface area contributed by atoms with Crippen molar-refractivity contribution < 1.29 is 9.47 Å². The lowest BCUT2D eigenvalue weighted by Crippen LogP contribution is -2.38. The number of ether oxygens (including phenoxy) is 2. The van der Waals surface area contributed by atoms with E-state index in [0.29, 0.717) is 38.1 Å². The van der Waals surface area contributed by atoms with Crippen LogP contribution in [0.4, 0.5) is 17.7 Å². The maximum absolute atomic E-state index is 5.50. The average molecular weight is 399 g/mol. The molecule has 2 saturated heterocycles. The second-order valence-corrected chi connectivity index (χ2v) is 7.96. The quantitative estimate of drug-likeness (QED) is 0.827. The van der Waals surface area contributed by atoms with E-state index in [2.05, 4.69) is 20.1 Å². The van der Waals surface area contributed by atoms with Gasteiger partial charge in [-0.15, -0.1) is 0 Å². The third kappa shape index (κ3) is 4.20. The number of morpholine rings is 2. The fourth-order valence-corrected chi connectivity index (χ4v) is 4.27. The van der Waals surface area contributed by atoms with Crippen LogP contribution in [0.2, 0.25) is 0 Å². The Labute approximate surface area is 170 Å². The summed E-state index contributed by atoms with van der Waals surface area (Å²) < 4.78 is 11.0. The van der Waals surface area contributed by atoms with Gasteiger partial charge < -0.3 is 24.6 Å². The van der Waals surface area contributed by atoms with E-state index in [1.807, 2.05) is 6.20 Å². The smallest absolute Gasteiger partial charge is 0.229 e. The van der Waals surface area contributed by atoms with Crippen LogP contribution in [-0.2, 0) is 9.47 Å². The Bertz CT molecular complexity index is 826. The molecule has 3 aliphatic rings. The fraction of sp³-hybridized carbons (Fsp3) is 0.700. The second kappa shape index (κ2) is 8.62. The minimum atomic E-state index is 0.457. The zero-order valence-electron chi connectivity index (χ0n) is 16.8. The van der Waals surface area contributed by atoms with Crippen LogP contribution in [0.5, 0.6) is 0 Å². The minimum absolute atomic E-state index is 0.457. The molecule has 29 heavy (non-hydrogen) atoms. The van der Waals surface area contributed by atoms with Crippen LogP contribution in [0, 0.1) is 0 Å². The van der Waals surface area contributed by atoms with Gasteiger partial charge in [0.25, 0.3) is 0 Å². The predicted molar refractivity (Wildman–Crippen MR) is 112 cm³/mol. The highest BCUT2D eigenvalue weighted by Gasteiger charge is 2.22. The number of hydrogen-bond donors (Lipinski definition) is 1. The Balaban J connectivity index is 1.50. The lowest BCUT2D eigenvalue weighted by Gasteiger charge is -2.29. The molecule has 1 aliphatic carbocycles.